The Kier molecular flexibility index (Phi) is 4.46. The van der Waals surface area contributed by atoms with Crippen molar-refractivity contribution in [1.29, 1.82) is 0 Å². The molecule has 6 heteroatoms. The zero-order chi connectivity index (χ0) is 19.0. The predicted molar refractivity (Wildman–Crippen MR) is 107 cm³/mol. The first-order valence-electron chi connectivity index (χ1n) is 10.7. The van der Waals surface area contributed by atoms with Crippen LogP contribution in [-0.2, 0) is 29.6 Å². The van der Waals surface area contributed by atoms with Gasteiger partial charge in [0.2, 0.25) is 5.91 Å². The van der Waals surface area contributed by atoms with Gasteiger partial charge in [-0.1, -0.05) is 43.2 Å². The number of nitrogens with one attached hydrogen (secondary N) is 2. The molecule has 2 aliphatic carbocycles. The van der Waals surface area contributed by atoms with Crippen molar-refractivity contribution in [3.63, 3.8) is 0 Å². The number of aromatic nitrogens is 3. The molecule has 1 aliphatic heterocycles. The summed E-state index contributed by atoms with van der Waals surface area (Å²) in [6.45, 7) is 3.43. The van der Waals surface area contributed by atoms with Crippen LogP contribution in [0.25, 0.3) is 0 Å². The largest absolute Gasteiger partial charge is 0.355 e. The molecule has 0 radical (unpaired) electrons. The van der Waals surface area contributed by atoms with Gasteiger partial charge in [-0.05, 0) is 30.2 Å². The highest BCUT2D eigenvalue weighted by atomic mass is 16.2. The molecule has 1 aromatic heterocycles. The number of fused-ring (bicyclic) bond motifs is 1. The van der Waals surface area contributed by atoms with Gasteiger partial charge in [-0.15, -0.1) is 10.2 Å². The molecule has 5 rings (SSSR count). The second kappa shape index (κ2) is 6.99. The lowest BCUT2D eigenvalue weighted by Gasteiger charge is -2.22. The molecule has 6 nitrogen and oxygen atoms in total. The molecule has 28 heavy (non-hydrogen) atoms. The molecule has 2 fully saturated rings. The summed E-state index contributed by atoms with van der Waals surface area (Å²) in [5.41, 5.74) is 1.06. The minimum atomic E-state index is -0.323. The van der Waals surface area contributed by atoms with Crippen molar-refractivity contribution < 1.29 is 4.79 Å². The molecule has 2 aromatic rings. The third kappa shape index (κ3) is 2.77. The molecule has 2 heterocycles. The molecule has 1 atom stereocenters. The van der Waals surface area contributed by atoms with Crippen molar-refractivity contribution in [2.75, 3.05) is 19.6 Å². The number of benzene rings is 1. The van der Waals surface area contributed by atoms with Crippen LogP contribution in [0.2, 0.25) is 0 Å². The molecule has 0 saturated heterocycles. The quantitative estimate of drug-likeness (QED) is 0.833. The Labute approximate surface area is 166 Å². The van der Waals surface area contributed by atoms with E-state index in [1.54, 1.807) is 0 Å². The fourth-order valence-electron chi connectivity index (χ4n) is 5.66. The van der Waals surface area contributed by atoms with Gasteiger partial charge in [-0.3, -0.25) is 4.79 Å². The molecule has 1 spiro atoms. The van der Waals surface area contributed by atoms with Crippen LogP contribution < -0.4 is 10.6 Å². The summed E-state index contributed by atoms with van der Waals surface area (Å²) in [5, 5.41) is 15.4. The van der Waals surface area contributed by atoms with Crippen LogP contribution in [0, 0.1) is 5.41 Å². The average Bonchev–Trinajstić information content (AvgIpc) is 3.02. The maximum Gasteiger partial charge on any atom is 0.231 e. The van der Waals surface area contributed by atoms with Gasteiger partial charge in [0.25, 0.3) is 0 Å². The predicted octanol–water partition coefficient (Wildman–Crippen LogP) is 1.98. The standard InChI is InChI=1S/C22H29N5O/c28-20(24-13-9-19-26-25-18-8-12-23-14-15-27(18)19)22(17-6-2-1-3-7-17)16-21(22)10-4-5-11-21/h1-3,6-7,23H,4-5,8-16H2,(H,24,28)/t22-/m0/s1. The molecule has 3 aliphatic rings. The number of nitrogens with zero attached hydrogens (tertiary/aromatic N) is 3. The van der Waals surface area contributed by atoms with E-state index >= 15 is 0 Å². The Hall–Kier alpha value is -2.21. The number of amides is 1. The third-order valence-electron chi connectivity index (χ3n) is 7.17. The number of hydrogen-bond donors (Lipinski definition) is 2. The first-order valence-corrected chi connectivity index (χ1v) is 10.7. The van der Waals surface area contributed by atoms with Gasteiger partial charge in [0.1, 0.15) is 11.6 Å². The van der Waals surface area contributed by atoms with Crippen molar-refractivity contribution in [2.24, 2.45) is 5.41 Å². The number of carbonyl (C=O) groups excluding carboxylic acids is 1. The molecular weight excluding hydrogens is 350 g/mol. The van der Waals surface area contributed by atoms with Gasteiger partial charge in [0.05, 0.1) is 5.41 Å². The van der Waals surface area contributed by atoms with Crippen LogP contribution in [0.5, 0.6) is 0 Å². The van der Waals surface area contributed by atoms with Gasteiger partial charge in [-0.25, -0.2) is 0 Å². The zero-order valence-electron chi connectivity index (χ0n) is 16.4. The van der Waals surface area contributed by atoms with Gasteiger partial charge in [0.15, 0.2) is 0 Å². The fourth-order valence-corrected chi connectivity index (χ4v) is 5.66. The SMILES string of the molecule is O=C(NCCc1nnc2n1CCNCC2)[C@@]1(c2ccccc2)CC12CCCC2. The lowest BCUT2D eigenvalue weighted by Crippen LogP contribution is -2.39. The maximum atomic E-state index is 13.4. The number of hydrogen-bond acceptors (Lipinski definition) is 4. The number of carbonyl (C=O) groups is 1. The van der Waals surface area contributed by atoms with E-state index in [1.807, 2.05) is 6.07 Å². The Morgan fingerprint density at radius 3 is 2.79 bits per heavy atom. The highest BCUT2D eigenvalue weighted by molar-refractivity contribution is 5.93. The summed E-state index contributed by atoms with van der Waals surface area (Å²) in [6, 6.07) is 10.4. The Bertz CT molecular complexity index is 855. The van der Waals surface area contributed by atoms with E-state index in [0.717, 1.165) is 50.5 Å². The van der Waals surface area contributed by atoms with Crippen molar-refractivity contribution in [3.05, 3.63) is 47.5 Å². The summed E-state index contributed by atoms with van der Waals surface area (Å²) in [6.07, 6.45) is 7.51. The minimum Gasteiger partial charge on any atom is -0.355 e. The molecule has 0 bridgehead atoms. The second-order valence-corrected chi connectivity index (χ2v) is 8.63. The monoisotopic (exact) mass is 379 g/mol. The highest BCUT2D eigenvalue weighted by Gasteiger charge is 2.72. The van der Waals surface area contributed by atoms with Crippen molar-refractivity contribution in [1.82, 2.24) is 25.4 Å². The van der Waals surface area contributed by atoms with Crippen LogP contribution >= 0.6 is 0 Å². The first-order chi connectivity index (χ1) is 13.8. The fraction of sp³-hybridized carbons (Fsp3) is 0.591. The normalized spacial score (nSPS) is 25.3. The topological polar surface area (TPSA) is 71.8 Å². The van der Waals surface area contributed by atoms with E-state index in [9.17, 15) is 4.79 Å². The molecule has 2 saturated carbocycles. The molecule has 1 amide bonds. The van der Waals surface area contributed by atoms with Gasteiger partial charge in [0, 0.05) is 39.0 Å². The lowest BCUT2D eigenvalue weighted by molar-refractivity contribution is -0.124. The van der Waals surface area contributed by atoms with E-state index in [1.165, 1.54) is 31.2 Å². The summed E-state index contributed by atoms with van der Waals surface area (Å²) in [7, 11) is 0. The average molecular weight is 380 g/mol. The number of rotatable bonds is 5. The van der Waals surface area contributed by atoms with Crippen LogP contribution in [0.15, 0.2) is 30.3 Å². The van der Waals surface area contributed by atoms with Crippen LogP contribution in [-0.4, -0.2) is 40.3 Å². The molecular formula is C22H29N5O. The highest BCUT2D eigenvalue weighted by Crippen LogP contribution is 2.72. The molecule has 1 aromatic carbocycles. The van der Waals surface area contributed by atoms with E-state index in [0.29, 0.717) is 6.54 Å². The van der Waals surface area contributed by atoms with E-state index in [4.69, 9.17) is 0 Å². The maximum absolute atomic E-state index is 13.4. The van der Waals surface area contributed by atoms with Crippen LogP contribution in [0.3, 0.4) is 0 Å². The second-order valence-electron chi connectivity index (χ2n) is 8.63. The minimum absolute atomic E-state index is 0.191. The molecule has 148 valence electrons. The Morgan fingerprint density at radius 2 is 1.96 bits per heavy atom. The lowest BCUT2D eigenvalue weighted by atomic mass is 9.84. The summed E-state index contributed by atoms with van der Waals surface area (Å²) >= 11 is 0. The summed E-state index contributed by atoms with van der Waals surface area (Å²) in [4.78, 5) is 13.4. The molecule has 2 N–H and O–H groups in total. The zero-order valence-corrected chi connectivity index (χ0v) is 16.4. The van der Waals surface area contributed by atoms with Crippen molar-refractivity contribution in [3.8, 4) is 0 Å². The smallest absolute Gasteiger partial charge is 0.231 e. The van der Waals surface area contributed by atoms with E-state index in [-0.39, 0.29) is 16.7 Å². The van der Waals surface area contributed by atoms with Crippen LogP contribution in [0.1, 0.15) is 49.3 Å². The van der Waals surface area contributed by atoms with Crippen molar-refractivity contribution in [2.45, 2.75) is 56.9 Å². The van der Waals surface area contributed by atoms with E-state index in [2.05, 4.69) is 49.7 Å². The van der Waals surface area contributed by atoms with Gasteiger partial charge < -0.3 is 15.2 Å². The first kappa shape index (κ1) is 17.9. The van der Waals surface area contributed by atoms with Crippen molar-refractivity contribution >= 4 is 5.91 Å². The summed E-state index contributed by atoms with van der Waals surface area (Å²) < 4.78 is 2.22. The Balaban J connectivity index is 1.29. The summed E-state index contributed by atoms with van der Waals surface area (Å²) in [5.74, 6) is 2.25. The third-order valence-corrected chi connectivity index (χ3v) is 7.17. The van der Waals surface area contributed by atoms with Gasteiger partial charge >= 0.3 is 0 Å². The van der Waals surface area contributed by atoms with Crippen LogP contribution in [0.4, 0.5) is 0 Å². The Morgan fingerprint density at radius 1 is 1.14 bits per heavy atom. The molecule has 0 unspecified atom stereocenters. The van der Waals surface area contributed by atoms with E-state index < -0.39 is 0 Å². The van der Waals surface area contributed by atoms with Gasteiger partial charge in [-0.2, -0.15) is 0 Å².